The minimum atomic E-state index is -4.30. The van der Waals surface area contributed by atoms with Crippen LogP contribution in [0.1, 0.15) is 109 Å². The fourth-order valence-electron chi connectivity index (χ4n) is 10.9. The van der Waals surface area contributed by atoms with E-state index in [4.69, 9.17) is 89.1 Å². The smallest absolute Gasteiger partial charge is 0.342 e. The van der Waals surface area contributed by atoms with Crippen molar-refractivity contribution in [2.45, 2.75) is 236 Å². The van der Waals surface area contributed by atoms with Gasteiger partial charge in [0.2, 0.25) is 0 Å². The van der Waals surface area contributed by atoms with E-state index in [2.05, 4.69) is 0 Å². The zero-order valence-corrected chi connectivity index (χ0v) is 43.7. The molecule has 392 valence electrons. The molecule has 0 bridgehead atoms. The Morgan fingerprint density at radius 1 is 0.382 bits per heavy atom. The van der Waals surface area contributed by atoms with E-state index in [1.807, 2.05) is 83.1 Å². The molecule has 0 aromatic carbocycles. The second kappa shape index (κ2) is 19.1. The van der Waals surface area contributed by atoms with Crippen LogP contribution in [-0.2, 0) is 98.3 Å². The van der Waals surface area contributed by atoms with Gasteiger partial charge in [-0.1, -0.05) is 0 Å². The minimum absolute atomic E-state index is 0.00156. The lowest BCUT2D eigenvalue weighted by atomic mass is 10.0. The lowest BCUT2D eigenvalue weighted by Crippen LogP contribution is -2.40. The zero-order chi connectivity index (χ0) is 48.9. The van der Waals surface area contributed by atoms with Crippen LogP contribution in [0.5, 0.6) is 0 Å². The highest BCUT2D eigenvalue weighted by Crippen LogP contribution is 2.64. The van der Waals surface area contributed by atoms with Gasteiger partial charge in [0.15, 0.2) is 40.6 Å². The molecule has 0 aliphatic carbocycles. The van der Waals surface area contributed by atoms with Crippen molar-refractivity contribution in [3.63, 3.8) is 0 Å². The third-order valence-electron chi connectivity index (χ3n) is 13.5. The maximum Gasteiger partial charge on any atom is 0.342 e. The molecule has 21 nitrogen and oxygen atoms in total. The monoisotopic (exact) mass is 1010 g/mol. The first-order valence-corrected chi connectivity index (χ1v) is 27.8. The van der Waals surface area contributed by atoms with E-state index < -0.39 is 141 Å². The summed E-state index contributed by atoms with van der Waals surface area (Å²) < 4.78 is 148. The molecule has 16 atom stereocenters. The van der Waals surface area contributed by atoms with Crippen molar-refractivity contribution in [3.05, 3.63) is 0 Å². The van der Waals surface area contributed by atoms with Crippen molar-refractivity contribution >= 4 is 15.2 Å². The Kier molecular flexibility index (Phi) is 14.8. The number of hydrogen-bond acceptors (Lipinski definition) is 21. The molecule has 9 heterocycles. The standard InChI is InChI=1S/C45H76O21P2/c1-14-51-67(46,52-18-15-25-34-37(64-43(8,9)61-34)31(55-25)28-21-48-40(2,3)58-28)24-68(47,53-19-16-26-35-38(65-44(10,11)62-35)32(56-26)29-22-49-41(4,5)59-29)54-20-17-27-36-39(66-45(12,13)63-36)33(57-27)30-23-50-42(6,7)60-30/h25-39H,14-24H2,1-13H3/t25-,26-,27-,28-,29-,30-,31+,32+,33+,34+,35+,36+,37-,38-,39-,67?/m0/s1. The molecule has 9 rings (SSSR count). The Balaban J connectivity index is 0.882. The highest BCUT2D eigenvalue weighted by Gasteiger charge is 2.62. The second-order valence-corrected chi connectivity index (χ2v) is 26.5. The molecule has 0 aromatic heterocycles. The summed E-state index contributed by atoms with van der Waals surface area (Å²) in [5.41, 5.74) is 0. The first kappa shape index (κ1) is 52.6. The first-order valence-electron chi connectivity index (χ1n) is 24.4. The van der Waals surface area contributed by atoms with E-state index in [0.29, 0.717) is 19.8 Å². The molecule has 0 radical (unpaired) electrons. The Morgan fingerprint density at radius 3 is 0.926 bits per heavy atom. The van der Waals surface area contributed by atoms with Crippen LogP contribution in [-0.4, -0.2) is 178 Å². The van der Waals surface area contributed by atoms with Gasteiger partial charge in [0, 0.05) is 19.3 Å². The summed E-state index contributed by atoms with van der Waals surface area (Å²) in [6, 6.07) is 0. The van der Waals surface area contributed by atoms with Crippen molar-refractivity contribution in [3.8, 4) is 0 Å². The predicted octanol–water partition coefficient (Wildman–Crippen LogP) is 5.90. The van der Waals surface area contributed by atoms with Crippen LogP contribution >= 0.6 is 15.2 Å². The molecule has 23 heteroatoms. The Bertz CT molecular complexity index is 1800. The molecule has 0 saturated carbocycles. The number of fused-ring (bicyclic) bond motifs is 3. The summed E-state index contributed by atoms with van der Waals surface area (Å²) >= 11 is 0. The molecule has 1 unspecified atom stereocenters. The number of ether oxygens (including phenoxy) is 15. The topological polar surface area (TPSA) is 210 Å². The molecule has 9 aliphatic heterocycles. The van der Waals surface area contributed by atoms with Crippen LogP contribution in [0.4, 0.5) is 0 Å². The van der Waals surface area contributed by atoms with Gasteiger partial charge in [-0.15, -0.1) is 0 Å². The second-order valence-electron chi connectivity index (χ2n) is 21.9. The van der Waals surface area contributed by atoms with Crippen LogP contribution in [0.2, 0.25) is 0 Å². The van der Waals surface area contributed by atoms with E-state index in [0.717, 1.165) is 0 Å². The van der Waals surface area contributed by atoms with Crippen LogP contribution in [0, 0.1) is 0 Å². The molecule has 9 aliphatic rings. The van der Waals surface area contributed by atoms with Crippen molar-refractivity contribution in [1.29, 1.82) is 0 Å². The van der Waals surface area contributed by atoms with Gasteiger partial charge in [-0.2, -0.15) is 0 Å². The summed E-state index contributed by atoms with van der Waals surface area (Å²) in [5.74, 6) is -5.63. The molecular formula is C45H76O21P2. The maximum absolute atomic E-state index is 15.2. The van der Waals surface area contributed by atoms with E-state index in [9.17, 15) is 4.57 Å². The quantitative estimate of drug-likeness (QED) is 0.138. The lowest BCUT2D eigenvalue weighted by molar-refractivity contribution is -0.207. The SMILES string of the molecule is CCOP(=O)(CP(=O)(OCC[C@@H]1O[C@H]([C@@H]2COC(C)(C)O2)[C@@H]2OC(C)(C)O[C@@H]21)OCC[C@@H]1O[C@H]([C@@H]2COC(C)(C)O2)[C@@H]2OC(C)(C)O[C@@H]21)OCC[C@@H]1O[C@H]([C@@H]2COC(C)(C)O2)[C@@H]2OC(C)(C)O[C@@H]21. The van der Waals surface area contributed by atoms with E-state index in [1.165, 1.54) is 0 Å². The Labute approximate surface area is 400 Å². The van der Waals surface area contributed by atoms with E-state index in [1.54, 1.807) is 6.92 Å². The highest BCUT2D eigenvalue weighted by atomic mass is 31.2. The molecule has 0 aromatic rings. The van der Waals surface area contributed by atoms with Crippen LogP contribution in [0.3, 0.4) is 0 Å². The number of hydrogen-bond donors (Lipinski definition) is 0. The largest absolute Gasteiger partial charge is 0.366 e. The van der Waals surface area contributed by atoms with Gasteiger partial charge in [-0.25, -0.2) is 0 Å². The Morgan fingerprint density at radius 2 is 0.662 bits per heavy atom. The predicted molar refractivity (Wildman–Crippen MR) is 236 cm³/mol. The normalized spacial score (nSPS) is 43.5. The molecular weight excluding hydrogens is 938 g/mol. The molecule has 0 N–H and O–H groups in total. The fraction of sp³-hybridized carbons (Fsp3) is 1.00. The van der Waals surface area contributed by atoms with E-state index >= 15 is 4.57 Å². The summed E-state index contributed by atoms with van der Waals surface area (Å²) in [5, 5.41) is 0. The lowest BCUT2D eigenvalue weighted by Gasteiger charge is -2.28. The van der Waals surface area contributed by atoms with Crippen molar-refractivity contribution in [2.75, 3.05) is 52.2 Å². The first-order chi connectivity index (χ1) is 31.6. The fourth-order valence-corrected chi connectivity index (χ4v) is 15.6. The zero-order valence-electron chi connectivity index (χ0n) is 41.9. The summed E-state index contributed by atoms with van der Waals surface area (Å²) in [6.07, 6.45) is -6.24. The average molecular weight is 1020 g/mol. The average Bonchev–Trinajstić information content (AvgIpc) is 4.10. The molecule has 9 saturated heterocycles. The molecule has 9 fully saturated rings. The third-order valence-corrected chi connectivity index (χ3v) is 18.6. The number of rotatable bonds is 19. The maximum atomic E-state index is 15.2. The highest BCUT2D eigenvalue weighted by molar-refractivity contribution is 7.71. The van der Waals surface area contributed by atoms with Gasteiger partial charge < -0.3 is 89.1 Å². The van der Waals surface area contributed by atoms with Crippen molar-refractivity contribution in [2.24, 2.45) is 0 Å². The van der Waals surface area contributed by atoms with Gasteiger partial charge in [0.1, 0.15) is 73.2 Å². The molecule has 68 heavy (non-hydrogen) atoms. The molecule has 0 spiro atoms. The van der Waals surface area contributed by atoms with Crippen LogP contribution < -0.4 is 0 Å². The van der Waals surface area contributed by atoms with Gasteiger partial charge in [0.05, 0.1) is 64.6 Å². The third kappa shape index (κ3) is 11.6. The van der Waals surface area contributed by atoms with Gasteiger partial charge in [-0.3, -0.25) is 9.13 Å². The van der Waals surface area contributed by atoms with Crippen molar-refractivity contribution in [1.82, 2.24) is 0 Å². The Hall–Kier alpha value is -0.300. The summed E-state index contributed by atoms with van der Waals surface area (Å²) in [6.45, 7) is 24.5. The molecule has 0 amide bonds. The summed E-state index contributed by atoms with van der Waals surface area (Å²) in [7, 11) is -8.48. The summed E-state index contributed by atoms with van der Waals surface area (Å²) in [4.78, 5) is 0. The van der Waals surface area contributed by atoms with Crippen LogP contribution in [0.25, 0.3) is 0 Å². The van der Waals surface area contributed by atoms with Crippen molar-refractivity contribution < 1.29 is 98.3 Å². The van der Waals surface area contributed by atoms with Gasteiger partial charge in [0.25, 0.3) is 0 Å². The minimum Gasteiger partial charge on any atom is -0.366 e. The van der Waals surface area contributed by atoms with Gasteiger partial charge in [-0.05, 0) is 90.0 Å². The van der Waals surface area contributed by atoms with E-state index in [-0.39, 0.29) is 51.8 Å². The van der Waals surface area contributed by atoms with Crippen LogP contribution in [0.15, 0.2) is 0 Å². The van der Waals surface area contributed by atoms with Gasteiger partial charge >= 0.3 is 15.2 Å².